The summed E-state index contributed by atoms with van der Waals surface area (Å²) >= 11 is 3.47. The van der Waals surface area contributed by atoms with Crippen LogP contribution in [0, 0.1) is 6.92 Å². The van der Waals surface area contributed by atoms with E-state index in [2.05, 4.69) is 37.9 Å². The predicted molar refractivity (Wildman–Crippen MR) is 69.9 cm³/mol. The number of hydrogen-bond acceptors (Lipinski definition) is 3. The molecule has 0 amide bonds. The van der Waals surface area contributed by atoms with E-state index in [0.29, 0.717) is 0 Å². The van der Waals surface area contributed by atoms with Gasteiger partial charge in [0, 0.05) is 37.8 Å². The molecule has 3 nitrogen and oxygen atoms in total. The minimum absolute atomic E-state index is 0.763. The number of alkyl halides is 1. The molecular formula is C12H19BrN2O. The fraction of sp³-hybridized carbons (Fsp3) is 0.583. The van der Waals surface area contributed by atoms with Gasteiger partial charge in [-0.15, -0.1) is 0 Å². The molecule has 0 N–H and O–H groups in total. The Morgan fingerprint density at radius 3 is 2.81 bits per heavy atom. The molecule has 4 heteroatoms. The summed E-state index contributed by atoms with van der Waals surface area (Å²) in [5, 5.41) is 0.975. The lowest BCUT2D eigenvalue weighted by Crippen LogP contribution is -2.29. The second-order valence-electron chi connectivity index (χ2n) is 3.73. The second-order valence-corrected chi connectivity index (χ2v) is 4.52. The van der Waals surface area contributed by atoms with E-state index in [0.717, 1.165) is 43.0 Å². The monoisotopic (exact) mass is 286 g/mol. The minimum atomic E-state index is 0.763. The molecule has 0 aliphatic heterocycles. The molecule has 0 bridgehead atoms. The van der Waals surface area contributed by atoms with E-state index >= 15 is 0 Å². The average molecular weight is 287 g/mol. The molecule has 0 aromatic carbocycles. The van der Waals surface area contributed by atoms with Gasteiger partial charge < -0.3 is 4.74 Å². The van der Waals surface area contributed by atoms with Crippen LogP contribution in [0.4, 0.5) is 0 Å². The number of rotatable bonds is 7. The molecule has 0 radical (unpaired) electrons. The van der Waals surface area contributed by atoms with Gasteiger partial charge in [0.25, 0.3) is 0 Å². The molecule has 0 unspecified atom stereocenters. The zero-order valence-corrected chi connectivity index (χ0v) is 11.5. The van der Waals surface area contributed by atoms with Gasteiger partial charge in [0.2, 0.25) is 0 Å². The Morgan fingerprint density at radius 2 is 2.19 bits per heavy atom. The fourth-order valence-corrected chi connectivity index (χ4v) is 2.03. The quantitative estimate of drug-likeness (QED) is 0.719. The molecule has 0 saturated heterocycles. The van der Waals surface area contributed by atoms with Crippen molar-refractivity contribution in [2.45, 2.75) is 13.5 Å². The first-order valence-electron chi connectivity index (χ1n) is 5.46. The molecule has 0 saturated carbocycles. The third kappa shape index (κ3) is 5.05. The first-order valence-corrected chi connectivity index (χ1v) is 6.58. The number of hydrogen-bond donors (Lipinski definition) is 0. The lowest BCUT2D eigenvalue weighted by molar-refractivity contribution is 0.147. The molecule has 1 aromatic rings. The summed E-state index contributed by atoms with van der Waals surface area (Å²) in [6.07, 6.45) is 0. The lowest BCUT2D eigenvalue weighted by Gasteiger charge is -2.20. The van der Waals surface area contributed by atoms with Crippen molar-refractivity contribution in [1.29, 1.82) is 0 Å². The van der Waals surface area contributed by atoms with Gasteiger partial charge in [-0.25, -0.2) is 0 Å². The summed E-state index contributed by atoms with van der Waals surface area (Å²) in [6.45, 7) is 5.62. The zero-order valence-electron chi connectivity index (χ0n) is 9.95. The predicted octanol–water partition coefficient (Wildman–Crippen LogP) is 2.23. The molecule has 90 valence electrons. The molecule has 1 aromatic heterocycles. The van der Waals surface area contributed by atoms with Crippen LogP contribution < -0.4 is 0 Å². The van der Waals surface area contributed by atoms with E-state index in [9.17, 15) is 0 Å². The molecule has 1 heterocycles. The first-order chi connectivity index (χ1) is 7.76. The number of halogens is 1. The van der Waals surface area contributed by atoms with Crippen LogP contribution in [0.15, 0.2) is 18.2 Å². The van der Waals surface area contributed by atoms with Crippen molar-refractivity contribution in [2.75, 3.05) is 32.1 Å². The molecule has 0 aliphatic rings. The van der Waals surface area contributed by atoms with Crippen LogP contribution in [0.2, 0.25) is 0 Å². The summed E-state index contributed by atoms with van der Waals surface area (Å²) in [6, 6.07) is 6.15. The average Bonchev–Trinajstić information content (AvgIpc) is 2.26. The highest BCUT2D eigenvalue weighted by Gasteiger charge is 2.05. The van der Waals surface area contributed by atoms with Crippen molar-refractivity contribution in [2.24, 2.45) is 0 Å². The van der Waals surface area contributed by atoms with E-state index < -0.39 is 0 Å². The van der Waals surface area contributed by atoms with Crippen molar-refractivity contribution in [1.82, 2.24) is 9.88 Å². The van der Waals surface area contributed by atoms with E-state index in [1.807, 2.05) is 13.0 Å². The maximum Gasteiger partial charge on any atom is 0.0589 e. The van der Waals surface area contributed by atoms with Gasteiger partial charge in [-0.05, 0) is 19.1 Å². The number of nitrogens with zero attached hydrogens (tertiary/aromatic N) is 2. The molecule has 0 fully saturated rings. The summed E-state index contributed by atoms with van der Waals surface area (Å²) < 4.78 is 5.10. The van der Waals surface area contributed by atoms with Gasteiger partial charge in [0.05, 0.1) is 12.3 Å². The third-order valence-electron chi connectivity index (χ3n) is 2.34. The zero-order chi connectivity index (χ0) is 11.8. The maximum absolute atomic E-state index is 5.10. The first kappa shape index (κ1) is 13.6. The van der Waals surface area contributed by atoms with Gasteiger partial charge in [0.1, 0.15) is 0 Å². The number of aryl methyl sites for hydroxylation is 1. The van der Waals surface area contributed by atoms with Crippen molar-refractivity contribution < 1.29 is 4.74 Å². The molecule has 0 aliphatic carbocycles. The minimum Gasteiger partial charge on any atom is -0.383 e. The Balaban J connectivity index is 2.52. The molecule has 0 atom stereocenters. The molecular weight excluding hydrogens is 268 g/mol. The Hall–Kier alpha value is -0.450. The van der Waals surface area contributed by atoms with Gasteiger partial charge >= 0.3 is 0 Å². The van der Waals surface area contributed by atoms with Crippen LogP contribution in [0.1, 0.15) is 11.4 Å². The summed E-state index contributed by atoms with van der Waals surface area (Å²) in [4.78, 5) is 6.84. The van der Waals surface area contributed by atoms with Crippen LogP contribution in [0.25, 0.3) is 0 Å². The highest BCUT2D eigenvalue weighted by atomic mass is 79.9. The van der Waals surface area contributed by atoms with Crippen molar-refractivity contribution in [3.63, 3.8) is 0 Å². The van der Waals surface area contributed by atoms with Crippen LogP contribution in [-0.2, 0) is 11.3 Å². The largest absolute Gasteiger partial charge is 0.383 e. The molecule has 16 heavy (non-hydrogen) atoms. The van der Waals surface area contributed by atoms with E-state index in [-0.39, 0.29) is 0 Å². The SMILES string of the molecule is COCCN(CCBr)Cc1cccc(C)n1. The van der Waals surface area contributed by atoms with E-state index in [4.69, 9.17) is 4.74 Å². The highest BCUT2D eigenvalue weighted by Crippen LogP contribution is 2.03. The normalized spacial score (nSPS) is 11.0. The van der Waals surface area contributed by atoms with Crippen molar-refractivity contribution in [3.05, 3.63) is 29.6 Å². The van der Waals surface area contributed by atoms with Crippen LogP contribution in [0.3, 0.4) is 0 Å². The number of pyridine rings is 1. The summed E-state index contributed by atoms with van der Waals surface area (Å²) in [7, 11) is 1.73. The topological polar surface area (TPSA) is 25.4 Å². The van der Waals surface area contributed by atoms with Gasteiger partial charge in [0.15, 0.2) is 0 Å². The van der Waals surface area contributed by atoms with Crippen LogP contribution in [0.5, 0.6) is 0 Å². The van der Waals surface area contributed by atoms with Gasteiger partial charge in [-0.2, -0.15) is 0 Å². The van der Waals surface area contributed by atoms with Crippen LogP contribution in [-0.4, -0.2) is 42.0 Å². The van der Waals surface area contributed by atoms with Crippen molar-refractivity contribution in [3.8, 4) is 0 Å². The summed E-state index contributed by atoms with van der Waals surface area (Å²) in [5.74, 6) is 0. The van der Waals surface area contributed by atoms with Gasteiger partial charge in [-0.1, -0.05) is 22.0 Å². The Kier molecular flexibility index (Phi) is 6.61. The maximum atomic E-state index is 5.10. The summed E-state index contributed by atoms with van der Waals surface area (Å²) in [5.41, 5.74) is 2.19. The second kappa shape index (κ2) is 7.76. The van der Waals surface area contributed by atoms with E-state index in [1.54, 1.807) is 7.11 Å². The smallest absolute Gasteiger partial charge is 0.0589 e. The highest BCUT2D eigenvalue weighted by molar-refractivity contribution is 9.09. The standard InChI is InChI=1S/C12H19BrN2O/c1-11-4-3-5-12(14-11)10-15(7-6-13)8-9-16-2/h3-5H,6-10H2,1-2H3. The number of methoxy groups -OCH3 is 1. The lowest BCUT2D eigenvalue weighted by atomic mass is 10.3. The fourth-order valence-electron chi connectivity index (χ4n) is 1.53. The van der Waals surface area contributed by atoms with Crippen molar-refractivity contribution >= 4 is 15.9 Å². The molecule has 1 rings (SSSR count). The van der Waals surface area contributed by atoms with Crippen LogP contribution >= 0.6 is 15.9 Å². The Labute approximate surface area is 106 Å². The number of aromatic nitrogens is 1. The third-order valence-corrected chi connectivity index (χ3v) is 2.70. The van der Waals surface area contributed by atoms with E-state index in [1.165, 1.54) is 0 Å². The number of ether oxygens (including phenoxy) is 1. The Bertz CT molecular complexity index is 307. The molecule has 0 spiro atoms. The van der Waals surface area contributed by atoms with Gasteiger partial charge in [-0.3, -0.25) is 9.88 Å². The Morgan fingerprint density at radius 1 is 1.38 bits per heavy atom.